The van der Waals surface area contributed by atoms with Crippen molar-refractivity contribution in [2.24, 2.45) is 0 Å². The maximum absolute atomic E-state index is 2.36. The zero-order valence-electron chi connectivity index (χ0n) is 57.4. The molecule has 17 rings (SSSR count). The molecule has 0 fully saturated rings. The number of fused-ring (bicyclic) bond motifs is 1. The molecule has 0 radical (unpaired) electrons. The van der Waals surface area contributed by atoms with Crippen molar-refractivity contribution in [1.29, 1.82) is 0 Å². The van der Waals surface area contributed by atoms with Gasteiger partial charge in [-0.1, -0.05) is 291 Å². The summed E-state index contributed by atoms with van der Waals surface area (Å²) >= 11 is 0. The van der Waals surface area contributed by atoms with Gasteiger partial charge in [-0.25, -0.2) is 0 Å². The van der Waals surface area contributed by atoms with Crippen LogP contribution in [0.15, 0.2) is 437 Å². The van der Waals surface area contributed by atoms with Gasteiger partial charge in [-0.15, -0.1) is 0 Å². The monoisotopic (exact) mass is 1330 g/mol. The van der Waals surface area contributed by atoms with E-state index in [-0.39, 0.29) is 0 Å². The van der Waals surface area contributed by atoms with E-state index in [0.717, 1.165) is 102 Å². The normalized spacial score (nSPS) is 11.1. The molecule has 0 saturated heterocycles. The lowest BCUT2D eigenvalue weighted by molar-refractivity contribution is 1.28. The molecule has 4 nitrogen and oxygen atoms in total. The Morgan fingerprint density at radius 1 is 0.106 bits per heavy atom. The molecule has 492 valence electrons. The first-order valence-electron chi connectivity index (χ1n) is 35.5. The minimum absolute atomic E-state index is 1.06. The summed E-state index contributed by atoms with van der Waals surface area (Å²) in [5.74, 6) is 0. The maximum Gasteiger partial charge on any atom is 0.0462 e. The number of hydrogen-bond donors (Lipinski definition) is 0. The molecule has 0 aliphatic carbocycles. The molecule has 0 spiro atoms. The van der Waals surface area contributed by atoms with Gasteiger partial charge in [0.1, 0.15) is 0 Å². The summed E-state index contributed by atoms with van der Waals surface area (Å²) in [6, 6.07) is 157. The Morgan fingerprint density at radius 3 is 0.510 bits per heavy atom. The van der Waals surface area contributed by atoms with E-state index in [1.807, 2.05) is 0 Å². The lowest BCUT2D eigenvalue weighted by atomic mass is 9.98. The van der Waals surface area contributed by atoms with Gasteiger partial charge in [-0.05, 0) is 234 Å². The van der Waals surface area contributed by atoms with Crippen LogP contribution in [0, 0.1) is 0 Å². The first-order valence-corrected chi connectivity index (χ1v) is 35.5. The maximum atomic E-state index is 2.36. The molecular formula is C100H72N4. The van der Waals surface area contributed by atoms with Crippen LogP contribution in [-0.2, 0) is 0 Å². The van der Waals surface area contributed by atoms with Crippen molar-refractivity contribution in [2.75, 3.05) is 19.6 Å². The Kier molecular flexibility index (Phi) is 17.9. The predicted molar refractivity (Wildman–Crippen MR) is 441 cm³/mol. The van der Waals surface area contributed by atoms with Crippen molar-refractivity contribution in [3.05, 3.63) is 437 Å². The fourth-order valence-electron chi connectivity index (χ4n) is 14.3. The highest BCUT2D eigenvalue weighted by atomic mass is 15.2. The summed E-state index contributed by atoms with van der Waals surface area (Å²) in [7, 11) is 0. The van der Waals surface area contributed by atoms with Crippen LogP contribution in [0.5, 0.6) is 0 Å². The third-order valence-electron chi connectivity index (χ3n) is 19.7. The van der Waals surface area contributed by atoms with E-state index in [0.29, 0.717) is 0 Å². The molecule has 0 heterocycles. The standard InChI is InChI=1S/C100H72N4/c1-6-19-73(20-7-1)78-41-57-93(58-42-78)103(94-63-47-81(48-64-94)76-37-33-74(34-38-76)79-43-59-91(60-44-79)101(87-23-8-2-9-24-87)88-25-10-3-11-26-88)95-67-51-83(52-68-95)84-53-69-97(70-54-84)104(98-71-55-86(56-72-98)100-32-18-22-85-21-16-17-31-99(85)100)96-65-49-82(50-66-96)77-39-35-75(36-40-77)80-45-61-92(62-46-80)102(89-27-12-4-13-28-89)90-29-14-5-15-30-90/h1-72H. The minimum atomic E-state index is 1.06. The summed E-state index contributed by atoms with van der Waals surface area (Å²) in [4.78, 5) is 9.30. The van der Waals surface area contributed by atoms with E-state index in [1.54, 1.807) is 0 Å². The van der Waals surface area contributed by atoms with Crippen molar-refractivity contribution in [3.63, 3.8) is 0 Å². The van der Waals surface area contributed by atoms with Gasteiger partial charge in [0.2, 0.25) is 0 Å². The molecule has 0 N–H and O–H groups in total. The third-order valence-corrected chi connectivity index (χ3v) is 19.7. The topological polar surface area (TPSA) is 13.0 Å². The third kappa shape index (κ3) is 13.5. The first-order chi connectivity index (χ1) is 51.5. The number of hydrogen-bond acceptors (Lipinski definition) is 4. The molecular weight excluding hydrogens is 1260 g/mol. The van der Waals surface area contributed by atoms with Crippen molar-refractivity contribution in [3.8, 4) is 77.9 Å². The van der Waals surface area contributed by atoms with E-state index in [9.17, 15) is 0 Å². The first kappa shape index (κ1) is 63.6. The summed E-state index contributed by atoms with van der Waals surface area (Å²) in [6.45, 7) is 0. The summed E-state index contributed by atoms with van der Waals surface area (Å²) in [6.07, 6.45) is 0. The molecule has 17 aromatic carbocycles. The number of nitrogens with zero attached hydrogens (tertiary/aromatic N) is 4. The van der Waals surface area contributed by atoms with Gasteiger partial charge in [0.25, 0.3) is 0 Å². The summed E-state index contributed by atoms with van der Waals surface area (Å²) < 4.78 is 0. The molecule has 104 heavy (non-hydrogen) atoms. The van der Waals surface area contributed by atoms with Crippen LogP contribution in [0.25, 0.3) is 88.7 Å². The van der Waals surface area contributed by atoms with Gasteiger partial charge in [-0.3, -0.25) is 0 Å². The zero-order valence-corrected chi connectivity index (χ0v) is 57.4. The lowest BCUT2D eigenvalue weighted by Crippen LogP contribution is -2.10. The Balaban J connectivity index is 0.635. The largest absolute Gasteiger partial charge is 0.311 e. The second-order valence-electron chi connectivity index (χ2n) is 26.1. The molecule has 0 bridgehead atoms. The van der Waals surface area contributed by atoms with Crippen molar-refractivity contribution in [1.82, 2.24) is 0 Å². The Labute approximate surface area is 609 Å². The smallest absolute Gasteiger partial charge is 0.0462 e. The van der Waals surface area contributed by atoms with Crippen molar-refractivity contribution >= 4 is 79.0 Å². The van der Waals surface area contributed by atoms with Crippen LogP contribution in [0.3, 0.4) is 0 Å². The molecule has 17 aromatic rings. The molecule has 0 saturated carbocycles. The highest BCUT2D eigenvalue weighted by molar-refractivity contribution is 5.97. The van der Waals surface area contributed by atoms with E-state index >= 15 is 0 Å². The second-order valence-corrected chi connectivity index (χ2v) is 26.1. The van der Waals surface area contributed by atoms with Gasteiger partial charge >= 0.3 is 0 Å². The molecule has 0 aliphatic heterocycles. The number of rotatable bonds is 19. The van der Waals surface area contributed by atoms with Gasteiger partial charge in [-0.2, -0.15) is 0 Å². The SMILES string of the molecule is c1ccc(-c2ccc(N(c3ccc(-c4ccc(-c5ccc(N(c6ccccc6)c6ccccc6)cc5)cc4)cc3)c3ccc(-c4ccc(N(c5ccc(-c6ccc(-c7ccc(N(c8ccccc8)c8ccccc8)cc7)cc6)cc5)c5ccc(-c6cccc7ccccc67)cc5)cc4)cc3)cc2)cc1. The van der Waals surface area contributed by atoms with E-state index in [1.165, 1.54) is 55.3 Å². The van der Waals surface area contributed by atoms with Crippen molar-refractivity contribution in [2.45, 2.75) is 0 Å². The van der Waals surface area contributed by atoms with E-state index < -0.39 is 0 Å². The molecule has 4 heteroatoms. The number of para-hydroxylation sites is 4. The molecule has 0 aromatic heterocycles. The summed E-state index contributed by atoms with van der Waals surface area (Å²) in [5.41, 5.74) is 29.4. The van der Waals surface area contributed by atoms with Crippen LogP contribution in [-0.4, -0.2) is 0 Å². The van der Waals surface area contributed by atoms with Gasteiger partial charge in [0.05, 0.1) is 0 Å². The van der Waals surface area contributed by atoms with Crippen LogP contribution in [0.4, 0.5) is 68.2 Å². The summed E-state index contributed by atoms with van der Waals surface area (Å²) in [5, 5.41) is 2.47. The Hall–Kier alpha value is -13.8. The van der Waals surface area contributed by atoms with Gasteiger partial charge in [0, 0.05) is 68.2 Å². The van der Waals surface area contributed by atoms with Crippen molar-refractivity contribution < 1.29 is 0 Å². The zero-order chi connectivity index (χ0) is 69.4. The highest BCUT2D eigenvalue weighted by Gasteiger charge is 2.19. The van der Waals surface area contributed by atoms with Crippen LogP contribution >= 0.6 is 0 Å². The van der Waals surface area contributed by atoms with Crippen LogP contribution < -0.4 is 19.6 Å². The fourth-order valence-corrected chi connectivity index (χ4v) is 14.3. The molecule has 0 aliphatic rings. The van der Waals surface area contributed by atoms with Gasteiger partial charge in [0.15, 0.2) is 0 Å². The average molecular weight is 1330 g/mol. The Morgan fingerprint density at radius 2 is 0.269 bits per heavy atom. The second kappa shape index (κ2) is 29.2. The van der Waals surface area contributed by atoms with E-state index in [2.05, 4.69) is 456 Å². The number of benzene rings is 17. The highest BCUT2D eigenvalue weighted by Crippen LogP contribution is 2.44. The lowest BCUT2D eigenvalue weighted by Gasteiger charge is -2.27. The number of anilines is 12. The molecule has 0 atom stereocenters. The average Bonchev–Trinajstić information content (AvgIpc) is 0.786. The Bertz CT molecular complexity index is 5580. The molecule has 0 amide bonds. The predicted octanol–water partition coefficient (Wildman–Crippen LogP) is 28.4. The van der Waals surface area contributed by atoms with Crippen LogP contribution in [0.2, 0.25) is 0 Å². The van der Waals surface area contributed by atoms with Crippen LogP contribution in [0.1, 0.15) is 0 Å². The molecule has 0 unspecified atom stereocenters. The fraction of sp³-hybridized carbons (Fsp3) is 0. The minimum Gasteiger partial charge on any atom is -0.311 e. The quantitative estimate of drug-likeness (QED) is 0.0800. The van der Waals surface area contributed by atoms with E-state index in [4.69, 9.17) is 0 Å². The van der Waals surface area contributed by atoms with Gasteiger partial charge < -0.3 is 19.6 Å².